The molecule has 0 aliphatic heterocycles. The topological polar surface area (TPSA) is 102 Å². The summed E-state index contributed by atoms with van der Waals surface area (Å²) in [4.78, 5) is 37.1. The van der Waals surface area contributed by atoms with E-state index in [9.17, 15) is 19.5 Å². The summed E-state index contributed by atoms with van der Waals surface area (Å²) in [6.07, 6.45) is 65.8. The highest BCUT2D eigenvalue weighted by Crippen LogP contribution is 2.15. The number of ether oxygens (including phenoxy) is 3. The van der Waals surface area contributed by atoms with Crippen molar-refractivity contribution in [2.75, 3.05) is 41.0 Å². The van der Waals surface area contributed by atoms with Gasteiger partial charge in [0.25, 0.3) is 0 Å². The standard InChI is InChI=1S/C59H99NO7/c1-6-8-10-12-14-16-18-20-22-24-26-28-30-32-34-36-38-40-42-44-46-48-50-58(62)67-55(53-65-52-51-56(59(63)64)60(3,4)5)54-66-57(61)49-47-45-43-41-39-37-35-33-31-29-27-25-23-21-19-17-15-13-11-9-7-2/h8-11,14-17,20-23,26,28,32,34,55-56H,6-7,12-13,18-19,24-25,27,29-31,33,35-54H2,1-5H3/b10-8+,11-9+,16-14+,17-15+,22-20+,23-21+,28-26+,34-32+. The van der Waals surface area contributed by atoms with E-state index in [-0.39, 0.29) is 42.7 Å². The van der Waals surface area contributed by atoms with Gasteiger partial charge < -0.3 is 28.6 Å². The van der Waals surface area contributed by atoms with Gasteiger partial charge in [-0.05, 0) is 89.9 Å². The molecule has 0 radical (unpaired) electrons. The molecule has 8 nitrogen and oxygen atoms in total. The number of rotatable bonds is 47. The van der Waals surface area contributed by atoms with Crippen LogP contribution in [0.4, 0.5) is 0 Å². The lowest BCUT2D eigenvalue weighted by Crippen LogP contribution is -2.55. The Morgan fingerprint density at radius 3 is 1.16 bits per heavy atom. The number of nitrogens with zero attached hydrogens (tertiary/aromatic N) is 1. The number of unbranched alkanes of at least 4 members (excludes halogenated alkanes) is 17. The summed E-state index contributed by atoms with van der Waals surface area (Å²) in [6.45, 7) is 4.43. The molecular formula is C59H99NO7. The zero-order valence-corrected chi connectivity index (χ0v) is 43.5. The van der Waals surface area contributed by atoms with Gasteiger partial charge in [0.1, 0.15) is 12.6 Å². The average Bonchev–Trinajstić information content (AvgIpc) is 3.29. The molecule has 0 rings (SSSR count). The molecule has 0 aromatic rings. The second kappa shape index (κ2) is 48.7. The van der Waals surface area contributed by atoms with E-state index in [1.54, 1.807) is 21.1 Å². The smallest absolute Gasteiger partial charge is 0.306 e. The van der Waals surface area contributed by atoms with Gasteiger partial charge in [0.15, 0.2) is 6.10 Å². The normalized spacial score (nSPS) is 13.6. The van der Waals surface area contributed by atoms with Crippen LogP contribution in [-0.2, 0) is 28.6 Å². The van der Waals surface area contributed by atoms with E-state index in [1.807, 2.05) is 0 Å². The van der Waals surface area contributed by atoms with E-state index in [4.69, 9.17) is 14.2 Å². The van der Waals surface area contributed by atoms with Gasteiger partial charge in [-0.3, -0.25) is 9.59 Å². The van der Waals surface area contributed by atoms with Crippen molar-refractivity contribution < 1.29 is 38.2 Å². The fourth-order valence-corrected chi connectivity index (χ4v) is 7.41. The first-order valence-electron chi connectivity index (χ1n) is 26.8. The van der Waals surface area contributed by atoms with Crippen LogP contribution in [0.15, 0.2) is 97.2 Å². The summed E-state index contributed by atoms with van der Waals surface area (Å²) in [5.74, 6) is -1.76. The van der Waals surface area contributed by atoms with Gasteiger partial charge >= 0.3 is 11.9 Å². The van der Waals surface area contributed by atoms with E-state index < -0.39 is 18.1 Å². The molecule has 0 aromatic carbocycles. The van der Waals surface area contributed by atoms with E-state index in [0.717, 1.165) is 103 Å². The molecule has 0 aromatic heterocycles. The zero-order valence-electron chi connectivity index (χ0n) is 43.5. The van der Waals surface area contributed by atoms with Gasteiger partial charge in [0.2, 0.25) is 0 Å². The average molecular weight is 934 g/mol. The van der Waals surface area contributed by atoms with Crippen LogP contribution < -0.4 is 5.11 Å². The van der Waals surface area contributed by atoms with E-state index >= 15 is 0 Å². The molecule has 2 atom stereocenters. The molecule has 0 bridgehead atoms. The third kappa shape index (κ3) is 47.1. The molecule has 67 heavy (non-hydrogen) atoms. The summed E-state index contributed by atoms with van der Waals surface area (Å²) in [7, 11) is 5.41. The van der Waals surface area contributed by atoms with Gasteiger partial charge in [0.05, 0.1) is 40.3 Å². The lowest BCUT2D eigenvalue weighted by atomic mass is 10.0. The number of likely N-dealkylation sites (N-methyl/N-ethyl adjacent to an activating group) is 1. The zero-order chi connectivity index (χ0) is 49.2. The molecule has 0 saturated carbocycles. The molecule has 2 unspecified atom stereocenters. The molecule has 0 amide bonds. The van der Waals surface area contributed by atoms with Crippen LogP contribution in [0, 0.1) is 0 Å². The van der Waals surface area contributed by atoms with Crippen LogP contribution in [0.5, 0.6) is 0 Å². The molecule has 0 saturated heterocycles. The number of aliphatic carboxylic acids is 1. The first-order valence-corrected chi connectivity index (χ1v) is 26.8. The molecule has 0 fully saturated rings. The Morgan fingerprint density at radius 2 is 0.791 bits per heavy atom. The van der Waals surface area contributed by atoms with Gasteiger partial charge in [0, 0.05) is 19.3 Å². The Kier molecular flexibility index (Phi) is 46.0. The third-order valence-electron chi connectivity index (χ3n) is 11.5. The van der Waals surface area contributed by atoms with Crippen molar-refractivity contribution in [1.82, 2.24) is 0 Å². The molecule has 382 valence electrons. The van der Waals surface area contributed by atoms with Crippen LogP contribution >= 0.6 is 0 Å². The number of carboxylic acids is 1. The number of carbonyl (C=O) groups excluding carboxylic acids is 3. The number of allylic oxidation sites excluding steroid dienone is 16. The quantitative estimate of drug-likeness (QED) is 0.0259. The minimum absolute atomic E-state index is 0.0287. The lowest BCUT2D eigenvalue weighted by molar-refractivity contribution is -0.889. The van der Waals surface area contributed by atoms with Crippen molar-refractivity contribution in [1.29, 1.82) is 0 Å². The Hall–Kier alpha value is -3.75. The predicted molar refractivity (Wildman–Crippen MR) is 281 cm³/mol. The number of hydrogen-bond donors (Lipinski definition) is 0. The highest BCUT2D eigenvalue weighted by atomic mass is 16.6. The Balaban J connectivity index is 4.27. The summed E-state index contributed by atoms with van der Waals surface area (Å²) in [6, 6.07) is -0.735. The van der Waals surface area contributed by atoms with Gasteiger partial charge in [-0.2, -0.15) is 0 Å². The SMILES string of the molecule is CC/C=C/C/C=C/C/C=C/C/C=C/C/C=C/CCCCCCCCC(=O)OC(COCCC(C(=O)[O-])[N+](C)(C)C)COC(=O)CCCCCCCCCCCCC/C=C/C/C=C/C/C=C/CC. The molecule has 0 N–H and O–H groups in total. The van der Waals surface area contributed by atoms with Crippen LogP contribution in [0.2, 0.25) is 0 Å². The molecule has 0 aliphatic carbocycles. The highest BCUT2D eigenvalue weighted by molar-refractivity contribution is 5.70. The van der Waals surface area contributed by atoms with Gasteiger partial charge in [-0.25, -0.2) is 0 Å². The first-order chi connectivity index (χ1) is 32.6. The fourth-order valence-electron chi connectivity index (χ4n) is 7.41. The number of esters is 2. The molecule has 0 spiro atoms. The monoisotopic (exact) mass is 934 g/mol. The second-order valence-corrected chi connectivity index (χ2v) is 18.7. The number of quaternary nitrogens is 1. The van der Waals surface area contributed by atoms with Gasteiger partial charge in [-0.1, -0.05) is 195 Å². The highest BCUT2D eigenvalue weighted by Gasteiger charge is 2.25. The van der Waals surface area contributed by atoms with Crippen molar-refractivity contribution in [3.63, 3.8) is 0 Å². The predicted octanol–water partition coefficient (Wildman–Crippen LogP) is 14.5. The van der Waals surface area contributed by atoms with Crippen LogP contribution in [0.1, 0.15) is 206 Å². The van der Waals surface area contributed by atoms with Crippen molar-refractivity contribution in [3.05, 3.63) is 97.2 Å². The Labute approximate surface area is 411 Å². The molecule has 8 heteroatoms. The van der Waals surface area contributed by atoms with Crippen molar-refractivity contribution >= 4 is 17.9 Å². The maximum atomic E-state index is 12.8. The minimum Gasteiger partial charge on any atom is -0.544 e. The van der Waals surface area contributed by atoms with Crippen LogP contribution in [-0.4, -0.2) is 75.5 Å². The first kappa shape index (κ1) is 63.2. The van der Waals surface area contributed by atoms with E-state index in [2.05, 4.69) is 111 Å². The Bertz CT molecular complexity index is 1410. The number of carbonyl (C=O) groups is 3. The van der Waals surface area contributed by atoms with E-state index in [0.29, 0.717) is 12.8 Å². The summed E-state index contributed by atoms with van der Waals surface area (Å²) in [5, 5.41) is 11.7. The largest absolute Gasteiger partial charge is 0.544 e. The molecular weight excluding hydrogens is 835 g/mol. The molecule has 0 heterocycles. The fraction of sp³-hybridized carbons (Fsp3) is 0.678. The summed E-state index contributed by atoms with van der Waals surface area (Å²) < 4.78 is 17.3. The van der Waals surface area contributed by atoms with E-state index in [1.165, 1.54) is 70.6 Å². The van der Waals surface area contributed by atoms with Crippen molar-refractivity contribution in [3.8, 4) is 0 Å². The van der Waals surface area contributed by atoms with Crippen LogP contribution in [0.3, 0.4) is 0 Å². The molecule has 0 aliphatic rings. The lowest BCUT2D eigenvalue weighted by Gasteiger charge is -2.34. The Morgan fingerprint density at radius 1 is 0.448 bits per heavy atom. The maximum Gasteiger partial charge on any atom is 0.306 e. The number of hydrogen-bond acceptors (Lipinski definition) is 7. The summed E-state index contributed by atoms with van der Waals surface area (Å²) in [5.41, 5.74) is 0. The summed E-state index contributed by atoms with van der Waals surface area (Å²) >= 11 is 0. The number of carboxylic acid groups (broad SMARTS) is 1. The second-order valence-electron chi connectivity index (χ2n) is 18.7. The van der Waals surface area contributed by atoms with Crippen LogP contribution in [0.25, 0.3) is 0 Å². The maximum absolute atomic E-state index is 12.8. The van der Waals surface area contributed by atoms with Crippen molar-refractivity contribution in [2.45, 2.75) is 219 Å². The van der Waals surface area contributed by atoms with Gasteiger partial charge in [-0.15, -0.1) is 0 Å². The minimum atomic E-state index is -1.13. The third-order valence-corrected chi connectivity index (χ3v) is 11.5. The van der Waals surface area contributed by atoms with Crippen molar-refractivity contribution in [2.24, 2.45) is 0 Å².